The summed E-state index contributed by atoms with van der Waals surface area (Å²) in [6.45, 7) is 2.00. The topological polar surface area (TPSA) is 9.23 Å². The van der Waals surface area contributed by atoms with Gasteiger partial charge in [0, 0.05) is 5.56 Å². The van der Waals surface area contributed by atoms with Crippen molar-refractivity contribution in [2.45, 2.75) is 6.92 Å². The second kappa shape index (κ2) is 4.88. The summed E-state index contributed by atoms with van der Waals surface area (Å²) in [6, 6.07) is 10.8. The van der Waals surface area contributed by atoms with Crippen molar-refractivity contribution in [3.8, 4) is 16.9 Å². The minimum Gasteiger partial charge on any atom is -0.495 e. The molecule has 0 aliphatic rings. The van der Waals surface area contributed by atoms with Gasteiger partial charge in [-0.1, -0.05) is 29.8 Å². The first-order valence-electron chi connectivity index (χ1n) is 5.22. The van der Waals surface area contributed by atoms with Crippen molar-refractivity contribution < 1.29 is 9.13 Å². The van der Waals surface area contributed by atoms with Crippen LogP contribution in [-0.4, -0.2) is 7.11 Å². The monoisotopic (exact) mass is 294 g/mol. The highest BCUT2D eigenvalue weighted by Crippen LogP contribution is 2.37. The second-order valence-electron chi connectivity index (χ2n) is 3.84. The number of hydrogen-bond acceptors (Lipinski definition) is 1. The van der Waals surface area contributed by atoms with Crippen LogP contribution in [0.3, 0.4) is 0 Å². The summed E-state index contributed by atoms with van der Waals surface area (Å²) < 4.78 is 19.4. The van der Waals surface area contributed by atoms with Crippen LogP contribution in [0.4, 0.5) is 4.39 Å². The molecule has 88 valence electrons. The van der Waals surface area contributed by atoms with Gasteiger partial charge in [0.25, 0.3) is 0 Å². The van der Waals surface area contributed by atoms with Gasteiger partial charge in [-0.15, -0.1) is 0 Å². The zero-order chi connectivity index (χ0) is 12.4. The van der Waals surface area contributed by atoms with E-state index in [9.17, 15) is 4.39 Å². The molecule has 3 heteroatoms. The summed E-state index contributed by atoms with van der Waals surface area (Å²) in [4.78, 5) is 0. The molecule has 0 radical (unpaired) electrons. The molecule has 0 aliphatic carbocycles. The molecule has 0 heterocycles. The van der Waals surface area contributed by atoms with Gasteiger partial charge in [0.1, 0.15) is 11.6 Å². The molecule has 0 aliphatic heterocycles. The van der Waals surface area contributed by atoms with Crippen LogP contribution < -0.4 is 4.74 Å². The summed E-state index contributed by atoms with van der Waals surface area (Å²) in [5.74, 6) is 0.367. The fourth-order valence-electron chi connectivity index (χ4n) is 1.79. The Morgan fingerprint density at radius 2 is 1.94 bits per heavy atom. The van der Waals surface area contributed by atoms with E-state index in [2.05, 4.69) is 15.9 Å². The first-order valence-corrected chi connectivity index (χ1v) is 6.01. The Hall–Kier alpha value is -1.35. The van der Waals surface area contributed by atoms with Crippen LogP contribution in [0.2, 0.25) is 0 Å². The molecule has 0 atom stereocenters. The Labute approximate surface area is 108 Å². The Morgan fingerprint density at radius 1 is 1.18 bits per heavy atom. The minimum absolute atomic E-state index is 0.283. The van der Waals surface area contributed by atoms with Gasteiger partial charge in [-0.05, 0) is 40.5 Å². The first kappa shape index (κ1) is 12.1. The zero-order valence-electron chi connectivity index (χ0n) is 9.63. The average Bonchev–Trinajstić information content (AvgIpc) is 2.28. The van der Waals surface area contributed by atoms with Crippen molar-refractivity contribution in [2.24, 2.45) is 0 Å². The van der Waals surface area contributed by atoms with Crippen LogP contribution in [0.5, 0.6) is 5.75 Å². The lowest BCUT2D eigenvalue weighted by Crippen LogP contribution is -1.91. The van der Waals surface area contributed by atoms with Gasteiger partial charge in [-0.3, -0.25) is 0 Å². The van der Waals surface area contributed by atoms with Crippen molar-refractivity contribution in [3.05, 3.63) is 52.3 Å². The van der Waals surface area contributed by atoms with E-state index < -0.39 is 0 Å². The minimum atomic E-state index is -0.283. The normalized spacial score (nSPS) is 10.4. The average molecular weight is 295 g/mol. The number of aryl methyl sites for hydroxylation is 1. The zero-order valence-corrected chi connectivity index (χ0v) is 11.2. The lowest BCUT2D eigenvalue weighted by Gasteiger charge is -2.11. The maximum atomic E-state index is 13.4. The van der Waals surface area contributed by atoms with Crippen LogP contribution in [0.15, 0.2) is 40.9 Å². The summed E-state index contributed by atoms with van der Waals surface area (Å²) in [5.41, 5.74) is 2.83. The number of ether oxygens (including phenoxy) is 1. The van der Waals surface area contributed by atoms with Crippen LogP contribution >= 0.6 is 15.9 Å². The Morgan fingerprint density at radius 3 is 2.59 bits per heavy atom. The molecule has 2 aromatic rings. The number of rotatable bonds is 2. The van der Waals surface area contributed by atoms with E-state index in [1.54, 1.807) is 7.11 Å². The molecule has 0 N–H and O–H groups in total. The predicted molar refractivity (Wildman–Crippen MR) is 70.8 cm³/mol. The van der Waals surface area contributed by atoms with Crippen molar-refractivity contribution in [2.75, 3.05) is 7.11 Å². The maximum Gasteiger partial charge on any atom is 0.141 e. The third kappa shape index (κ3) is 2.50. The van der Waals surface area contributed by atoms with E-state index in [4.69, 9.17) is 4.74 Å². The second-order valence-corrected chi connectivity index (χ2v) is 4.69. The number of hydrogen-bond donors (Lipinski definition) is 0. The van der Waals surface area contributed by atoms with Gasteiger partial charge in [0.2, 0.25) is 0 Å². The maximum absolute atomic E-state index is 13.4. The molecule has 2 rings (SSSR count). The smallest absolute Gasteiger partial charge is 0.141 e. The van der Waals surface area contributed by atoms with Crippen LogP contribution in [-0.2, 0) is 0 Å². The lowest BCUT2D eigenvalue weighted by molar-refractivity contribution is 0.412. The van der Waals surface area contributed by atoms with Crippen LogP contribution in [0.25, 0.3) is 11.1 Å². The fourth-order valence-corrected chi connectivity index (χ4v) is 2.39. The highest BCUT2D eigenvalue weighted by Gasteiger charge is 2.11. The molecule has 0 aromatic heterocycles. The van der Waals surface area contributed by atoms with Gasteiger partial charge >= 0.3 is 0 Å². The van der Waals surface area contributed by atoms with Crippen LogP contribution in [0, 0.1) is 12.7 Å². The molecule has 0 saturated carbocycles. The Bertz CT molecular complexity index is 552. The van der Waals surface area contributed by atoms with Gasteiger partial charge in [-0.25, -0.2) is 4.39 Å². The van der Waals surface area contributed by atoms with E-state index in [0.29, 0.717) is 10.2 Å². The number of methoxy groups -OCH3 is 1. The van der Waals surface area contributed by atoms with Gasteiger partial charge < -0.3 is 4.74 Å². The van der Waals surface area contributed by atoms with E-state index in [-0.39, 0.29) is 5.82 Å². The lowest BCUT2D eigenvalue weighted by atomic mass is 10.0. The predicted octanol–water partition coefficient (Wildman–Crippen LogP) is 4.57. The molecule has 2 aromatic carbocycles. The summed E-state index contributed by atoms with van der Waals surface area (Å²) in [5, 5.41) is 0. The molecule has 17 heavy (non-hydrogen) atoms. The Kier molecular flexibility index (Phi) is 3.48. The van der Waals surface area contributed by atoms with Crippen molar-refractivity contribution in [1.29, 1.82) is 0 Å². The standard InChI is InChI=1S/C14H12BrFO/c1-9-4-3-5-10(6-9)12-7-11(16)8-13(15)14(12)17-2/h3-8H,1-2H3. The van der Waals surface area contributed by atoms with Crippen molar-refractivity contribution >= 4 is 15.9 Å². The molecule has 0 spiro atoms. The van der Waals surface area contributed by atoms with Gasteiger partial charge in [0.05, 0.1) is 11.6 Å². The van der Waals surface area contributed by atoms with E-state index in [0.717, 1.165) is 16.7 Å². The summed E-state index contributed by atoms with van der Waals surface area (Å²) in [7, 11) is 1.58. The largest absolute Gasteiger partial charge is 0.495 e. The quantitative estimate of drug-likeness (QED) is 0.788. The fraction of sp³-hybridized carbons (Fsp3) is 0.143. The molecular weight excluding hydrogens is 283 g/mol. The summed E-state index contributed by atoms with van der Waals surface area (Å²) >= 11 is 3.31. The van der Waals surface area contributed by atoms with Crippen molar-refractivity contribution in [3.63, 3.8) is 0 Å². The van der Waals surface area contributed by atoms with E-state index >= 15 is 0 Å². The van der Waals surface area contributed by atoms with Crippen molar-refractivity contribution in [1.82, 2.24) is 0 Å². The Balaban J connectivity index is 2.65. The molecule has 0 saturated heterocycles. The highest BCUT2D eigenvalue weighted by molar-refractivity contribution is 9.10. The third-order valence-electron chi connectivity index (χ3n) is 2.54. The van der Waals surface area contributed by atoms with E-state index in [1.165, 1.54) is 12.1 Å². The molecule has 0 amide bonds. The SMILES string of the molecule is COc1c(Br)cc(F)cc1-c1cccc(C)c1. The molecule has 1 nitrogen and oxygen atoms in total. The highest BCUT2D eigenvalue weighted by atomic mass is 79.9. The molecule has 0 bridgehead atoms. The van der Waals surface area contributed by atoms with E-state index in [1.807, 2.05) is 31.2 Å². The molecule has 0 fully saturated rings. The first-order chi connectivity index (χ1) is 8.11. The number of benzene rings is 2. The molecule has 0 unspecified atom stereocenters. The molecular formula is C14H12BrFO. The van der Waals surface area contributed by atoms with Crippen LogP contribution in [0.1, 0.15) is 5.56 Å². The summed E-state index contributed by atoms with van der Waals surface area (Å²) in [6.07, 6.45) is 0. The third-order valence-corrected chi connectivity index (χ3v) is 3.13. The van der Waals surface area contributed by atoms with Gasteiger partial charge in [0.15, 0.2) is 0 Å². The number of halogens is 2. The van der Waals surface area contributed by atoms with Gasteiger partial charge in [-0.2, -0.15) is 0 Å².